The third kappa shape index (κ3) is 4.18. The van der Waals surface area contributed by atoms with Gasteiger partial charge in [-0.2, -0.15) is 0 Å². The highest BCUT2D eigenvalue weighted by atomic mass is 16.5. The van der Waals surface area contributed by atoms with Crippen LogP contribution in [0.15, 0.2) is 24.3 Å². The van der Waals surface area contributed by atoms with Gasteiger partial charge in [0.1, 0.15) is 0 Å². The van der Waals surface area contributed by atoms with Crippen LogP contribution in [0, 0.1) is 0 Å². The molecule has 0 bridgehead atoms. The van der Waals surface area contributed by atoms with Crippen LogP contribution in [-0.4, -0.2) is 29.5 Å². The zero-order valence-corrected chi connectivity index (χ0v) is 16.3. The lowest BCUT2D eigenvalue weighted by atomic mass is 9.90. The first-order valence-electron chi connectivity index (χ1n) is 10.6. The molecule has 1 fully saturated rings. The molecule has 2 aliphatic carbocycles. The highest BCUT2D eigenvalue weighted by Crippen LogP contribution is 2.29. The Morgan fingerprint density at radius 3 is 2.57 bits per heavy atom. The van der Waals surface area contributed by atoms with Crippen molar-refractivity contribution in [3.63, 3.8) is 0 Å². The number of ether oxygens (including phenoxy) is 1. The number of nitrogens with one attached hydrogen (secondary N) is 1. The predicted molar refractivity (Wildman–Crippen MR) is 108 cm³/mol. The predicted octanol–water partition coefficient (Wildman–Crippen LogP) is 4.11. The summed E-state index contributed by atoms with van der Waals surface area (Å²) in [5.74, 6) is -0.611. The van der Waals surface area contributed by atoms with Crippen LogP contribution in [0.3, 0.4) is 0 Å². The smallest absolute Gasteiger partial charge is 0.339 e. The van der Waals surface area contributed by atoms with Gasteiger partial charge < -0.3 is 10.1 Å². The molecular weight excluding hydrogens is 352 g/mol. The lowest BCUT2D eigenvalue weighted by Gasteiger charge is -2.20. The maximum Gasteiger partial charge on any atom is 0.339 e. The second-order valence-corrected chi connectivity index (χ2v) is 7.97. The third-order valence-corrected chi connectivity index (χ3v) is 5.93. The van der Waals surface area contributed by atoms with Crippen molar-refractivity contribution in [2.75, 3.05) is 6.61 Å². The first kappa shape index (κ1) is 18.9. The Morgan fingerprint density at radius 1 is 1.00 bits per heavy atom. The zero-order chi connectivity index (χ0) is 19.3. The fourth-order valence-electron chi connectivity index (χ4n) is 4.50. The molecular formula is C23H28N2O3. The van der Waals surface area contributed by atoms with Gasteiger partial charge in [-0.25, -0.2) is 4.79 Å². The Labute approximate surface area is 165 Å². The number of pyridine rings is 1. The van der Waals surface area contributed by atoms with Crippen LogP contribution in [0.25, 0.3) is 10.9 Å². The number of aryl methyl sites for hydroxylation is 1. The van der Waals surface area contributed by atoms with Crippen molar-refractivity contribution in [2.24, 2.45) is 0 Å². The number of amides is 1. The van der Waals surface area contributed by atoms with Crippen molar-refractivity contribution in [1.82, 2.24) is 10.3 Å². The van der Waals surface area contributed by atoms with Crippen molar-refractivity contribution in [3.8, 4) is 0 Å². The third-order valence-electron chi connectivity index (χ3n) is 5.93. The summed E-state index contributed by atoms with van der Waals surface area (Å²) in [6, 6.07) is 7.90. The number of esters is 1. The fraction of sp³-hybridized carbons (Fsp3) is 0.522. The quantitative estimate of drug-likeness (QED) is 0.640. The Morgan fingerprint density at radius 2 is 1.75 bits per heavy atom. The summed E-state index contributed by atoms with van der Waals surface area (Å²) >= 11 is 0. The average Bonchev–Trinajstić information content (AvgIpc) is 2.99. The largest absolute Gasteiger partial charge is 0.452 e. The van der Waals surface area contributed by atoms with E-state index in [9.17, 15) is 9.59 Å². The van der Waals surface area contributed by atoms with E-state index in [0.717, 1.165) is 73.5 Å². The van der Waals surface area contributed by atoms with Crippen LogP contribution in [0.1, 0.15) is 73.0 Å². The van der Waals surface area contributed by atoms with Gasteiger partial charge in [-0.1, -0.05) is 43.9 Å². The molecule has 1 heterocycles. The van der Waals surface area contributed by atoms with Gasteiger partial charge in [-0.15, -0.1) is 0 Å². The van der Waals surface area contributed by atoms with E-state index in [1.165, 1.54) is 12.8 Å². The van der Waals surface area contributed by atoms with E-state index < -0.39 is 5.97 Å². The van der Waals surface area contributed by atoms with E-state index in [1.807, 2.05) is 24.3 Å². The molecule has 2 aromatic rings. The molecule has 0 spiro atoms. The topological polar surface area (TPSA) is 68.3 Å². The molecule has 0 radical (unpaired) electrons. The second-order valence-electron chi connectivity index (χ2n) is 7.97. The van der Waals surface area contributed by atoms with Crippen molar-refractivity contribution >= 4 is 22.8 Å². The molecule has 5 heteroatoms. The summed E-state index contributed by atoms with van der Waals surface area (Å²) in [4.78, 5) is 30.0. The fourth-order valence-corrected chi connectivity index (χ4v) is 4.50. The molecule has 2 aliphatic rings. The summed E-state index contributed by atoms with van der Waals surface area (Å²) in [6.45, 7) is -0.221. The Balaban J connectivity index is 1.48. The van der Waals surface area contributed by atoms with Crippen molar-refractivity contribution in [1.29, 1.82) is 0 Å². The Bertz CT molecular complexity index is 870. The molecule has 1 N–H and O–H groups in total. The molecule has 0 saturated heterocycles. The highest BCUT2D eigenvalue weighted by molar-refractivity contribution is 6.05. The summed E-state index contributed by atoms with van der Waals surface area (Å²) in [7, 11) is 0. The van der Waals surface area contributed by atoms with E-state index in [2.05, 4.69) is 5.32 Å². The molecule has 0 atom stereocenters. The van der Waals surface area contributed by atoms with Crippen LogP contribution in [0.5, 0.6) is 0 Å². The Hall–Kier alpha value is -2.43. The average molecular weight is 380 g/mol. The first-order valence-corrected chi connectivity index (χ1v) is 10.6. The van der Waals surface area contributed by atoms with E-state index in [-0.39, 0.29) is 18.6 Å². The van der Waals surface area contributed by atoms with Gasteiger partial charge in [0.25, 0.3) is 5.91 Å². The first-order chi connectivity index (χ1) is 13.7. The molecule has 5 nitrogen and oxygen atoms in total. The standard InChI is InChI=1S/C23H28N2O3/c26-21(24-16-9-3-1-2-4-10-16)15-28-23(27)22-17-11-5-7-13-19(17)25-20-14-8-6-12-18(20)22/h5,7,11,13,16H,1-4,6,8-10,12,14-15H2,(H,24,26). The van der Waals surface area contributed by atoms with Gasteiger partial charge in [0.15, 0.2) is 6.61 Å². The minimum Gasteiger partial charge on any atom is -0.452 e. The highest BCUT2D eigenvalue weighted by Gasteiger charge is 2.24. The number of aromatic nitrogens is 1. The molecule has 1 aromatic carbocycles. The molecule has 1 amide bonds. The minimum absolute atomic E-state index is 0.201. The van der Waals surface area contributed by atoms with E-state index >= 15 is 0 Å². The molecule has 1 aromatic heterocycles. The van der Waals surface area contributed by atoms with Crippen LogP contribution in [0.2, 0.25) is 0 Å². The van der Waals surface area contributed by atoms with Gasteiger partial charge >= 0.3 is 5.97 Å². The number of nitrogens with zero attached hydrogens (tertiary/aromatic N) is 1. The summed E-state index contributed by atoms with van der Waals surface area (Å²) in [5, 5.41) is 3.85. The molecule has 28 heavy (non-hydrogen) atoms. The number of fused-ring (bicyclic) bond motifs is 2. The molecule has 0 unspecified atom stereocenters. The maximum atomic E-state index is 13.0. The molecule has 4 rings (SSSR count). The number of carbonyl (C=O) groups is 2. The van der Waals surface area contributed by atoms with Crippen molar-refractivity contribution in [3.05, 3.63) is 41.1 Å². The van der Waals surface area contributed by atoms with Crippen LogP contribution in [-0.2, 0) is 22.4 Å². The van der Waals surface area contributed by atoms with E-state index in [1.54, 1.807) is 0 Å². The van der Waals surface area contributed by atoms with Gasteiger partial charge in [0.05, 0.1) is 11.1 Å². The van der Waals surface area contributed by atoms with Crippen LogP contribution < -0.4 is 5.32 Å². The van der Waals surface area contributed by atoms with Crippen molar-refractivity contribution < 1.29 is 14.3 Å². The number of carbonyl (C=O) groups excluding carboxylic acids is 2. The molecule has 1 saturated carbocycles. The van der Waals surface area contributed by atoms with E-state index in [0.29, 0.717) is 5.56 Å². The minimum atomic E-state index is -0.409. The normalized spacial score (nSPS) is 17.6. The SMILES string of the molecule is O=C(COC(=O)c1c2c(nc3ccccc13)CCCC2)NC1CCCCCC1. The van der Waals surface area contributed by atoms with Gasteiger partial charge in [-0.05, 0) is 50.2 Å². The van der Waals surface area contributed by atoms with Gasteiger partial charge in [0, 0.05) is 17.1 Å². The number of rotatable bonds is 4. The lowest BCUT2D eigenvalue weighted by Crippen LogP contribution is -2.37. The maximum absolute atomic E-state index is 13.0. The molecule has 148 valence electrons. The van der Waals surface area contributed by atoms with Crippen molar-refractivity contribution in [2.45, 2.75) is 70.3 Å². The van der Waals surface area contributed by atoms with E-state index in [4.69, 9.17) is 9.72 Å². The number of hydrogen-bond acceptors (Lipinski definition) is 4. The lowest BCUT2D eigenvalue weighted by molar-refractivity contribution is -0.125. The van der Waals surface area contributed by atoms with Gasteiger partial charge in [0.2, 0.25) is 0 Å². The van der Waals surface area contributed by atoms with Crippen LogP contribution in [0.4, 0.5) is 0 Å². The zero-order valence-electron chi connectivity index (χ0n) is 16.3. The molecule has 0 aliphatic heterocycles. The summed E-state index contributed by atoms with van der Waals surface area (Å²) in [5.41, 5.74) is 3.42. The number of hydrogen-bond donors (Lipinski definition) is 1. The monoisotopic (exact) mass is 380 g/mol. The van der Waals surface area contributed by atoms with Gasteiger partial charge in [-0.3, -0.25) is 9.78 Å². The number of benzene rings is 1. The number of para-hydroxylation sites is 1. The Kier molecular flexibility index (Phi) is 5.89. The summed E-state index contributed by atoms with van der Waals surface area (Å²) in [6.07, 6.45) is 10.7. The second kappa shape index (κ2) is 8.72. The summed E-state index contributed by atoms with van der Waals surface area (Å²) < 4.78 is 5.46. The van der Waals surface area contributed by atoms with Crippen LogP contribution >= 0.6 is 0 Å².